The maximum Gasteiger partial charge on any atom is 0.170 e. The third-order valence-electron chi connectivity index (χ3n) is 4.54. The van der Waals surface area contributed by atoms with Gasteiger partial charge in [-0.25, -0.2) is 0 Å². The van der Waals surface area contributed by atoms with E-state index in [0.29, 0.717) is 5.11 Å². The number of benzene rings is 1. The second kappa shape index (κ2) is 9.91. The molecule has 0 aliphatic carbocycles. The van der Waals surface area contributed by atoms with Crippen LogP contribution in [-0.2, 0) is 9.47 Å². The van der Waals surface area contributed by atoms with Crippen molar-refractivity contribution in [2.24, 2.45) is 0 Å². The molecule has 2 N–H and O–H groups in total. The van der Waals surface area contributed by atoms with Gasteiger partial charge in [-0.15, -0.1) is 0 Å². The second-order valence-corrected chi connectivity index (χ2v) is 6.71. The fourth-order valence-electron chi connectivity index (χ4n) is 3.16. The zero-order valence-corrected chi connectivity index (χ0v) is 15.5. The van der Waals surface area contributed by atoms with Gasteiger partial charge < -0.3 is 25.0 Å². The van der Waals surface area contributed by atoms with Gasteiger partial charge in [-0.2, -0.15) is 0 Å². The largest absolute Gasteiger partial charge is 0.379 e. The fourth-order valence-corrected chi connectivity index (χ4v) is 3.37. The Morgan fingerprint density at radius 2 is 1.68 bits per heavy atom. The van der Waals surface area contributed by atoms with Crippen molar-refractivity contribution in [2.75, 3.05) is 75.9 Å². The number of rotatable bonds is 6. The van der Waals surface area contributed by atoms with E-state index in [1.165, 1.54) is 5.69 Å². The van der Waals surface area contributed by atoms with Crippen LogP contribution in [0.3, 0.4) is 0 Å². The van der Waals surface area contributed by atoms with E-state index in [9.17, 15) is 0 Å². The van der Waals surface area contributed by atoms with Crippen LogP contribution in [-0.4, -0.2) is 75.7 Å². The highest BCUT2D eigenvalue weighted by Crippen LogP contribution is 2.26. The third-order valence-corrected chi connectivity index (χ3v) is 4.79. The minimum absolute atomic E-state index is 0.683. The van der Waals surface area contributed by atoms with Gasteiger partial charge in [-0.3, -0.25) is 4.90 Å². The number of nitrogens with one attached hydrogen (secondary N) is 2. The summed E-state index contributed by atoms with van der Waals surface area (Å²) in [5, 5.41) is 7.35. The normalized spacial score (nSPS) is 18.8. The molecule has 0 aromatic heterocycles. The molecule has 0 saturated carbocycles. The molecule has 0 atom stereocenters. The van der Waals surface area contributed by atoms with Crippen molar-refractivity contribution >= 4 is 28.7 Å². The van der Waals surface area contributed by atoms with E-state index in [0.717, 1.165) is 77.8 Å². The standard InChI is InChI=1S/C18H28N4O2S/c25-18(19-6-3-7-21-8-12-23-13-9-21)20-16-4-1-2-5-17(16)22-10-14-24-15-11-22/h1-2,4-5H,3,6-15H2,(H2,19,20,25). The van der Waals surface area contributed by atoms with Crippen LogP contribution in [0.25, 0.3) is 0 Å². The summed E-state index contributed by atoms with van der Waals surface area (Å²) in [5.41, 5.74) is 2.23. The molecule has 25 heavy (non-hydrogen) atoms. The Morgan fingerprint density at radius 1 is 1.00 bits per heavy atom. The van der Waals surface area contributed by atoms with E-state index in [-0.39, 0.29) is 0 Å². The number of para-hydroxylation sites is 2. The molecule has 0 amide bonds. The van der Waals surface area contributed by atoms with Crippen molar-refractivity contribution < 1.29 is 9.47 Å². The highest BCUT2D eigenvalue weighted by atomic mass is 32.1. The van der Waals surface area contributed by atoms with Crippen molar-refractivity contribution in [1.82, 2.24) is 10.2 Å². The molecule has 0 radical (unpaired) electrons. The Hall–Kier alpha value is -1.41. The third kappa shape index (κ3) is 5.81. The Morgan fingerprint density at radius 3 is 2.44 bits per heavy atom. The van der Waals surface area contributed by atoms with Crippen LogP contribution >= 0.6 is 12.2 Å². The predicted molar refractivity (Wildman–Crippen MR) is 106 cm³/mol. The summed E-state index contributed by atoms with van der Waals surface area (Å²) in [5.74, 6) is 0. The van der Waals surface area contributed by atoms with Gasteiger partial charge in [0.15, 0.2) is 5.11 Å². The minimum Gasteiger partial charge on any atom is -0.379 e. The minimum atomic E-state index is 0.683. The molecule has 1 aromatic carbocycles. The molecule has 1 aromatic rings. The van der Waals surface area contributed by atoms with Gasteiger partial charge in [0.2, 0.25) is 0 Å². The molecule has 7 heteroatoms. The Labute approximate surface area is 155 Å². The van der Waals surface area contributed by atoms with Crippen LogP contribution < -0.4 is 15.5 Å². The van der Waals surface area contributed by atoms with E-state index in [2.05, 4.69) is 38.6 Å². The van der Waals surface area contributed by atoms with E-state index >= 15 is 0 Å². The van der Waals surface area contributed by atoms with E-state index in [1.54, 1.807) is 0 Å². The van der Waals surface area contributed by atoms with Gasteiger partial charge in [0.1, 0.15) is 0 Å². The summed E-state index contributed by atoms with van der Waals surface area (Å²) < 4.78 is 10.8. The number of nitrogens with zero attached hydrogens (tertiary/aromatic N) is 2. The average Bonchev–Trinajstić information content (AvgIpc) is 2.67. The molecular weight excluding hydrogens is 336 g/mol. The Balaban J connectivity index is 1.43. The molecule has 0 bridgehead atoms. The quantitative estimate of drug-likeness (QED) is 0.586. The summed E-state index contributed by atoms with van der Waals surface area (Å²) in [6.45, 7) is 9.13. The van der Waals surface area contributed by atoms with Gasteiger partial charge in [0.05, 0.1) is 37.8 Å². The summed E-state index contributed by atoms with van der Waals surface area (Å²) in [7, 11) is 0. The predicted octanol–water partition coefficient (Wildman–Crippen LogP) is 1.53. The lowest BCUT2D eigenvalue weighted by Gasteiger charge is -2.30. The van der Waals surface area contributed by atoms with E-state index in [4.69, 9.17) is 21.7 Å². The maximum atomic E-state index is 5.47. The summed E-state index contributed by atoms with van der Waals surface area (Å²) in [6, 6.07) is 8.31. The summed E-state index contributed by atoms with van der Waals surface area (Å²) in [4.78, 5) is 4.78. The van der Waals surface area contributed by atoms with Crippen molar-refractivity contribution in [3.63, 3.8) is 0 Å². The van der Waals surface area contributed by atoms with Gasteiger partial charge in [0, 0.05) is 32.7 Å². The SMILES string of the molecule is S=C(NCCCN1CCOCC1)Nc1ccccc1N1CCOCC1. The number of hydrogen-bond acceptors (Lipinski definition) is 5. The molecule has 6 nitrogen and oxygen atoms in total. The van der Waals surface area contributed by atoms with E-state index < -0.39 is 0 Å². The fraction of sp³-hybridized carbons (Fsp3) is 0.611. The zero-order chi connectivity index (χ0) is 17.3. The molecule has 2 fully saturated rings. The molecule has 2 saturated heterocycles. The smallest absolute Gasteiger partial charge is 0.170 e. The first-order valence-corrected chi connectivity index (χ1v) is 9.50. The maximum absolute atomic E-state index is 5.47. The van der Waals surface area contributed by atoms with Gasteiger partial charge in [-0.05, 0) is 37.3 Å². The molecule has 3 rings (SSSR count). The number of morpholine rings is 2. The van der Waals surface area contributed by atoms with Crippen molar-refractivity contribution in [3.05, 3.63) is 24.3 Å². The monoisotopic (exact) mass is 364 g/mol. The highest BCUT2D eigenvalue weighted by Gasteiger charge is 2.15. The van der Waals surface area contributed by atoms with Crippen molar-refractivity contribution in [1.29, 1.82) is 0 Å². The molecule has 0 unspecified atom stereocenters. The first kappa shape index (κ1) is 18.4. The lowest BCUT2D eigenvalue weighted by atomic mass is 10.2. The Bertz CT molecular complexity index is 546. The van der Waals surface area contributed by atoms with Crippen LogP contribution in [0.15, 0.2) is 24.3 Å². The van der Waals surface area contributed by atoms with Crippen LogP contribution in [0.5, 0.6) is 0 Å². The molecule has 2 heterocycles. The van der Waals surface area contributed by atoms with Crippen molar-refractivity contribution in [3.8, 4) is 0 Å². The lowest BCUT2D eigenvalue weighted by molar-refractivity contribution is 0.0376. The molecule has 0 spiro atoms. The lowest BCUT2D eigenvalue weighted by Crippen LogP contribution is -2.39. The summed E-state index contributed by atoms with van der Waals surface area (Å²) in [6.07, 6.45) is 1.08. The van der Waals surface area contributed by atoms with Crippen LogP contribution in [0, 0.1) is 0 Å². The average molecular weight is 365 g/mol. The second-order valence-electron chi connectivity index (χ2n) is 6.31. The number of ether oxygens (including phenoxy) is 2. The molecule has 2 aliphatic heterocycles. The Kier molecular flexibility index (Phi) is 7.29. The molecule has 138 valence electrons. The highest BCUT2D eigenvalue weighted by molar-refractivity contribution is 7.80. The van der Waals surface area contributed by atoms with Crippen LogP contribution in [0.2, 0.25) is 0 Å². The van der Waals surface area contributed by atoms with E-state index in [1.807, 2.05) is 6.07 Å². The number of thiocarbonyl (C=S) groups is 1. The number of hydrogen-bond donors (Lipinski definition) is 2. The van der Waals surface area contributed by atoms with Crippen LogP contribution in [0.1, 0.15) is 6.42 Å². The topological polar surface area (TPSA) is 49.0 Å². The molecule has 2 aliphatic rings. The zero-order valence-electron chi connectivity index (χ0n) is 14.7. The van der Waals surface area contributed by atoms with Gasteiger partial charge in [-0.1, -0.05) is 12.1 Å². The van der Waals surface area contributed by atoms with Crippen molar-refractivity contribution in [2.45, 2.75) is 6.42 Å². The van der Waals surface area contributed by atoms with Crippen LogP contribution in [0.4, 0.5) is 11.4 Å². The molecular formula is C18H28N4O2S. The first-order valence-electron chi connectivity index (χ1n) is 9.09. The summed E-state index contributed by atoms with van der Waals surface area (Å²) >= 11 is 5.47. The first-order chi connectivity index (χ1) is 12.3. The van der Waals surface area contributed by atoms with Gasteiger partial charge in [0.25, 0.3) is 0 Å². The van der Waals surface area contributed by atoms with Gasteiger partial charge >= 0.3 is 0 Å². The number of anilines is 2.